The number of phenolic OH excluding ortho intramolecular Hbond substituents is 1. The minimum atomic E-state index is 0.261. The number of hydrogen-bond acceptors (Lipinski definition) is 2. The van der Waals surface area contributed by atoms with Crippen molar-refractivity contribution in [1.82, 2.24) is 4.98 Å². The van der Waals surface area contributed by atoms with Crippen LogP contribution < -0.4 is 5.73 Å². The van der Waals surface area contributed by atoms with E-state index in [4.69, 9.17) is 5.73 Å². The van der Waals surface area contributed by atoms with Gasteiger partial charge < -0.3 is 15.8 Å². The van der Waals surface area contributed by atoms with Crippen molar-refractivity contribution in [2.24, 2.45) is 0 Å². The fraction of sp³-hybridized carbons (Fsp3) is 0. The molecule has 0 saturated heterocycles. The summed E-state index contributed by atoms with van der Waals surface area (Å²) in [5.74, 6) is 0.261. The van der Waals surface area contributed by atoms with Crippen molar-refractivity contribution in [3.63, 3.8) is 0 Å². The summed E-state index contributed by atoms with van der Waals surface area (Å²) in [4.78, 5) is 3.22. The van der Waals surface area contributed by atoms with Crippen LogP contribution in [0, 0.1) is 0 Å². The molecule has 0 aliphatic rings. The molecule has 1 heterocycles. The van der Waals surface area contributed by atoms with Gasteiger partial charge >= 0.3 is 0 Å². The van der Waals surface area contributed by atoms with Crippen LogP contribution >= 0.6 is 0 Å². The van der Waals surface area contributed by atoms with Gasteiger partial charge in [-0.2, -0.15) is 0 Å². The topological polar surface area (TPSA) is 62.0 Å². The van der Waals surface area contributed by atoms with E-state index in [1.165, 1.54) is 0 Å². The number of aromatic amines is 1. The molecule has 4 N–H and O–H groups in total. The van der Waals surface area contributed by atoms with Crippen LogP contribution in [0.4, 0.5) is 5.69 Å². The molecule has 15 heavy (non-hydrogen) atoms. The van der Waals surface area contributed by atoms with Crippen LogP contribution in [0.15, 0.2) is 36.4 Å². The number of rotatable bonds is 0. The lowest BCUT2D eigenvalue weighted by Crippen LogP contribution is -1.84. The second-order valence-corrected chi connectivity index (χ2v) is 3.59. The van der Waals surface area contributed by atoms with Gasteiger partial charge in [-0.25, -0.2) is 0 Å². The Hall–Kier alpha value is -2.16. The Morgan fingerprint density at radius 3 is 2.40 bits per heavy atom. The van der Waals surface area contributed by atoms with Gasteiger partial charge in [-0.1, -0.05) is 12.1 Å². The SMILES string of the molecule is Nc1cccc2[nH]c3cccc(O)c3c12. The van der Waals surface area contributed by atoms with Gasteiger partial charge in [0.2, 0.25) is 0 Å². The van der Waals surface area contributed by atoms with Gasteiger partial charge in [-0.05, 0) is 24.3 Å². The maximum absolute atomic E-state index is 9.81. The summed E-state index contributed by atoms with van der Waals surface area (Å²) in [6.07, 6.45) is 0. The minimum Gasteiger partial charge on any atom is -0.507 e. The zero-order valence-corrected chi connectivity index (χ0v) is 7.99. The summed E-state index contributed by atoms with van der Waals surface area (Å²) in [5, 5.41) is 11.5. The maximum Gasteiger partial charge on any atom is 0.125 e. The third-order valence-corrected chi connectivity index (χ3v) is 2.66. The van der Waals surface area contributed by atoms with E-state index in [0.29, 0.717) is 5.69 Å². The second kappa shape index (κ2) is 2.67. The molecule has 0 aliphatic carbocycles. The van der Waals surface area contributed by atoms with Crippen LogP contribution in [-0.2, 0) is 0 Å². The van der Waals surface area contributed by atoms with E-state index in [1.54, 1.807) is 6.07 Å². The van der Waals surface area contributed by atoms with Gasteiger partial charge in [0.15, 0.2) is 0 Å². The highest BCUT2D eigenvalue weighted by molar-refractivity contribution is 6.15. The fourth-order valence-corrected chi connectivity index (χ4v) is 2.01. The van der Waals surface area contributed by atoms with Crippen LogP contribution in [0.1, 0.15) is 0 Å². The molecule has 0 unspecified atom stereocenters. The molecule has 3 nitrogen and oxygen atoms in total. The molecular formula is C12H10N2O. The predicted molar refractivity (Wildman–Crippen MR) is 61.9 cm³/mol. The Balaban J connectivity index is 2.67. The van der Waals surface area contributed by atoms with Gasteiger partial charge in [-0.15, -0.1) is 0 Å². The molecule has 3 aromatic rings. The first-order valence-corrected chi connectivity index (χ1v) is 4.75. The van der Waals surface area contributed by atoms with Crippen molar-refractivity contribution in [1.29, 1.82) is 0 Å². The Bertz CT molecular complexity index is 599. The van der Waals surface area contributed by atoms with Crippen molar-refractivity contribution < 1.29 is 5.11 Å². The summed E-state index contributed by atoms with van der Waals surface area (Å²) in [7, 11) is 0. The molecule has 0 saturated carbocycles. The largest absolute Gasteiger partial charge is 0.507 e. The van der Waals surface area contributed by atoms with Crippen molar-refractivity contribution >= 4 is 27.5 Å². The Kier molecular flexibility index (Phi) is 1.45. The lowest BCUT2D eigenvalue weighted by atomic mass is 10.1. The van der Waals surface area contributed by atoms with Gasteiger partial charge in [0.25, 0.3) is 0 Å². The Morgan fingerprint density at radius 1 is 0.933 bits per heavy atom. The molecule has 0 amide bonds. The molecule has 1 aromatic heterocycles. The number of nitrogens with one attached hydrogen (secondary N) is 1. The molecule has 0 radical (unpaired) electrons. The van der Waals surface area contributed by atoms with Crippen molar-refractivity contribution in [2.75, 3.05) is 5.73 Å². The van der Waals surface area contributed by atoms with E-state index in [0.717, 1.165) is 21.8 Å². The number of hydrogen-bond donors (Lipinski definition) is 3. The zero-order valence-electron chi connectivity index (χ0n) is 7.99. The molecule has 74 valence electrons. The molecule has 2 aromatic carbocycles. The number of phenols is 1. The minimum absolute atomic E-state index is 0.261. The molecule has 0 atom stereocenters. The normalized spacial score (nSPS) is 11.2. The monoisotopic (exact) mass is 198 g/mol. The number of fused-ring (bicyclic) bond motifs is 3. The van der Waals surface area contributed by atoms with Gasteiger partial charge in [-0.3, -0.25) is 0 Å². The number of anilines is 1. The lowest BCUT2D eigenvalue weighted by molar-refractivity contribution is 0.482. The summed E-state index contributed by atoms with van der Waals surface area (Å²) in [5.41, 5.74) is 8.44. The number of aromatic hydroxyl groups is 1. The van der Waals surface area contributed by atoms with E-state index < -0.39 is 0 Å². The summed E-state index contributed by atoms with van der Waals surface area (Å²) < 4.78 is 0. The van der Waals surface area contributed by atoms with Crippen LogP contribution in [0.5, 0.6) is 5.75 Å². The van der Waals surface area contributed by atoms with E-state index in [1.807, 2.05) is 30.3 Å². The van der Waals surface area contributed by atoms with Crippen LogP contribution in [0.2, 0.25) is 0 Å². The smallest absolute Gasteiger partial charge is 0.125 e. The molecule has 0 fully saturated rings. The molecule has 3 heteroatoms. The first kappa shape index (κ1) is 8.17. The zero-order chi connectivity index (χ0) is 10.4. The average molecular weight is 198 g/mol. The van der Waals surface area contributed by atoms with Crippen molar-refractivity contribution in [3.05, 3.63) is 36.4 Å². The van der Waals surface area contributed by atoms with Gasteiger partial charge in [0.05, 0.1) is 10.9 Å². The van der Waals surface area contributed by atoms with E-state index >= 15 is 0 Å². The number of H-pyrrole nitrogens is 1. The maximum atomic E-state index is 9.81. The van der Waals surface area contributed by atoms with Crippen molar-refractivity contribution in [2.45, 2.75) is 0 Å². The summed E-state index contributed by atoms with van der Waals surface area (Å²) in [6, 6.07) is 11.1. The Labute approximate surface area is 86.1 Å². The molecular weight excluding hydrogens is 188 g/mol. The van der Waals surface area contributed by atoms with Gasteiger partial charge in [0, 0.05) is 16.6 Å². The second-order valence-electron chi connectivity index (χ2n) is 3.59. The first-order valence-electron chi connectivity index (χ1n) is 4.75. The Morgan fingerprint density at radius 2 is 1.60 bits per heavy atom. The number of aromatic nitrogens is 1. The number of nitrogens with two attached hydrogens (primary N) is 1. The first-order chi connectivity index (χ1) is 7.27. The highest BCUT2D eigenvalue weighted by Crippen LogP contribution is 2.35. The van der Waals surface area contributed by atoms with E-state index in [9.17, 15) is 5.11 Å². The quantitative estimate of drug-likeness (QED) is 0.486. The third kappa shape index (κ3) is 1.00. The van der Waals surface area contributed by atoms with Crippen LogP contribution in [0.3, 0.4) is 0 Å². The van der Waals surface area contributed by atoms with Crippen LogP contribution in [-0.4, -0.2) is 10.1 Å². The third-order valence-electron chi connectivity index (χ3n) is 2.66. The van der Waals surface area contributed by atoms with Gasteiger partial charge in [0.1, 0.15) is 5.75 Å². The predicted octanol–water partition coefficient (Wildman–Crippen LogP) is 2.61. The summed E-state index contributed by atoms with van der Waals surface area (Å²) >= 11 is 0. The standard InChI is InChI=1S/C12H10N2O/c13-7-3-1-4-8-11(7)12-9(14-8)5-2-6-10(12)15/h1-6,14-15H,13H2. The van der Waals surface area contributed by atoms with E-state index in [2.05, 4.69) is 4.98 Å². The van der Waals surface area contributed by atoms with Crippen LogP contribution in [0.25, 0.3) is 21.8 Å². The average Bonchev–Trinajstić information content (AvgIpc) is 2.58. The highest BCUT2D eigenvalue weighted by atomic mass is 16.3. The number of benzene rings is 2. The van der Waals surface area contributed by atoms with Crippen molar-refractivity contribution in [3.8, 4) is 5.75 Å². The molecule has 0 spiro atoms. The molecule has 3 rings (SSSR count). The highest BCUT2D eigenvalue weighted by Gasteiger charge is 2.09. The number of nitrogen functional groups attached to an aromatic ring is 1. The fourth-order valence-electron chi connectivity index (χ4n) is 2.01. The summed E-state index contributed by atoms with van der Waals surface area (Å²) in [6.45, 7) is 0. The van der Waals surface area contributed by atoms with E-state index in [-0.39, 0.29) is 5.75 Å². The lowest BCUT2D eigenvalue weighted by Gasteiger charge is -1.98. The molecule has 0 aliphatic heterocycles. The molecule has 0 bridgehead atoms.